The van der Waals surface area contributed by atoms with Gasteiger partial charge in [-0.2, -0.15) is 0 Å². The van der Waals surface area contributed by atoms with Gasteiger partial charge in [-0.1, -0.05) is 78.9 Å². The zero-order chi connectivity index (χ0) is 34.6. The summed E-state index contributed by atoms with van der Waals surface area (Å²) in [5.41, 5.74) is 13.6. The molecule has 0 unspecified atom stereocenters. The average molecular weight is 672 g/mol. The molecule has 2 fully saturated rings. The summed E-state index contributed by atoms with van der Waals surface area (Å²) in [4.78, 5) is 54.8. The number of benzene rings is 3. The van der Waals surface area contributed by atoms with Crippen molar-refractivity contribution in [3.8, 4) is 22.4 Å². The molecule has 256 valence electrons. The zero-order valence-electron chi connectivity index (χ0n) is 28.0. The molecule has 0 aliphatic carbocycles. The number of aliphatic imine (C=N–C) groups is 1. The Labute approximate surface area is 291 Å². The summed E-state index contributed by atoms with van der Waals surface area (Å²) in [6.45, 7) is 1.33. The van der Waals surface area contributed by atoms with Crippen molar-refractivity contribution < 1.29 is 19.1 Å². The number of aromatic amines is 1. The van der Waals surface area contributed by atoms with Gasteiger partial charge in [-0.3, -0.25) is 14.6 Å². The van der Waals surface area contributed by atoms with Crippen LogP contribution in [0.2, 0.25) is 0 Å². The summed E-state index contributed by atoms with van der Waals surface area (Å²) in [7, 11) is 1.29. The van der Waals surface area contributed by atoms with E-state index in [0.29, 0.717) is 25.1 Å². The number of allylic oxidation sites excluding steroid dienone is 1. The molecule has 4 N–H and O–H groups in total. The molecule has 50 heavy (non-hydrogen) atoms. The second-order valence-electron chi connectivity index (χ2n) is 12.9. The van der Waals surface area contributed by atoms with Crippen LogP contribution >= 0.6 is 0 Å². The summed E-state index contributed by atoms with van der Waals surface area (Å²) in [5.74, 6) is 0.587. The minimum atomic E-state index is -0.839. The molecule has 0 bridgehead atoms. The number of imidazole rings is 1. The van der Waals surface area contributed by atoms with Crippen molar-refractivity contribution in [2.75, 3.05) is 26.7 Å². The molecular weight excluding hydrogens is 630 g/mol. The van der Waals surface area contributed by atoms with E-state index in [1.54, 1.807) is 0 Å². The number of nitrogens with two attached hydrogens (primary N) is 1. The third-order valence-corrected chi connectivity index (χ3v) is 9.95. The lowest BCUT2D eigenvalue weighted by Crippen LogP contribution is -2.47. The van der Waals surface area contributed by atoms with Crippen LogP contribution in [0.15, 0.2) is 96.3 Å². The molecule has 1 aromatic heterocycles. The van der Waals surface area contributed by atoms with Crippen LogP contribution in [0.25, 0.3) is 28.0 Å². The molecule has 3 amide bonds. The molecule has 0 spiro atoms. The Morgan fingerprint density at radius 2 is 1.52 bits per heavy atom. The largest absolute Gasteiger partial charge is 0.453 e. The minimum absolute atomic E-state index is 0.00910. The third kappa shape index (κ3) is 6.69. The van der Waals surface area contributed by atoms with E-state index in [4.69, 9.17) is 15.5 Å². The van der Waals surface area contributed by atoms with Crippen molar-refractivity contribution in [1.29, 1.82) is 0 Å². The highest BCUT2D eigenvalue weighted by Crippen LogP contribution is 2.34. The molecule has 11 heteroatoms. The van der Waals surface area contributed by atoms with Crippen LogP contribution in [-0.4, -0.2) is 76.2 Å². The van der Waals surface area contributed by atoms with E-state index in [2.05, 4.69) is 63.8 Å². The van der Waals surface area contributed by atoms with Gasteiger partial charge in [0.15, 0.2) is 0 Å². The van der Waals surface area contributed by atoms with Crippen molar-refractivity contribution in [3.63, 3.8) is 0 Å². The van der Waals surface area contributed by atoms with Gasteiger partial charge in [0.25, 0.3) is 0 Å². The number of hydrogen-bond donors (Lipinski definition) is 3. The second kappa shape index (κ2) is 14.5. The van der Waals surface area contributed by atoms with E-state index in [9.17, 15) is 14.4 Å². The fourth-order valence-corrected chi connectivity index (χ4v) is 7.32. The molecule has 0 saturated carbocycles. The van der Waals surface area contributed by atoms with Gasteiger partial charge < -0.3 is 30.6 Å². The Kier molecular flexibility index (Phi) is 9.57. The number of likely N-dealkylation sites (tertiary alicyclic amines) is 2. The summed E-state index contributed by atoms with van der Waals surface area (Å²) < 4.78 is 4.82. The van der Waals surface area contributed by atoms with Crippen LogP contribution in [0.4, 0.5) is 4.79 Å². The van der Waals surface area contributed by atoms with E-state index in [1.165, 1.54) is 7.11 Å². The molecule has 3 aromatic carbocycles. The fourth-order valence-electron chi connectivity index (χ4n) is 7.32. The Bertz CT molecular complexity index is 1920. The molecule has 3 atom stereocenters. The highest BCUT2D eigenvalue weighted by molar-refractivity contribution is 6.04. The molecular formula is C39H41N7O4. The van der Waals surface area contributed by atoms with Crippen molar-refractivity contribution in [2.45, 2.75) is 50.2 Å². The number of methoxy groups -OCH3 is 1. The quantitative estimate of drug-likeness (QED) is 0.210. The first-order chi connectivity index (χ1) is 24.4. The van der Waals surface area contributed by atoms with Gasteiger partial charge >= 0.3 is 6.09 Å². The molecule has 7 rings (SSSR count). The van der Waals surface area contributed by atoms with Gasteiger partial charge in [-0.05, 0) is 59.1 Å². The second-order valence-corrected chi connectivity index (χ2v) is 12.9. The number of H-pyrrole nitrogens is 1. The first-order valence-corrected chi connectivity index (χ1v) is 17.1. The minimum Gasteiger partial charge on any atom is -0.453 e. The van der Waals surface area contributed by atoms with E-state index in [1.807, 2.05) is 52.5 Å². The topological polar surface area (TPSA) is 146 Å². The van der Waals surface area contributed by atoms with Gasteiger partial charge in [0.2, 0.25) is 11.8 Å². The van der Waals surface area contributed by atoms with Crippen LogP contribution in [0.1, 0.15) is 61.1 Å². The van der Waals surface area contributed by atoms with Crippen LogP contribution < -0.4 is 11.1 Å². The van der Waals surface area contributed by atoms with E-state index in [-0.39, 0.29) is 30.4 Å². The monoisotopic (exact) mass is 671 g/mol. The van der Waals surface area contributed by atoms with Gasteiger partial charge in [0.05, 0.1) is 37.6 Å². The molecule has 3 aliphatic heterocycles. The van der Waals surface area contributed by atoms with Crippen LogP contribution in [0.3, 0.4) is 0 Å². The summed E-state index contributed by atoms with van der Waals surface area (Å²) in [6, 6.07) is 25.1. The number of carbonyl (C=O) groups excluding carboxylic acids is 3. The maximum absolute atomic E-state index is 13.9. The van der Waals surface area contributed by atoms with E-state index >= 15 is 0 Å². The standard InChI is InChI=1S/C39H41N7O4/c1-50-39(49)44-36(29-7-3-2-4-8-29)38(48)46-20-5-9-33(46)31-21-30(23-41-31)27-13-11-25(12-14-27)26-15-17-28(18-16-26)32-24-42-37(43-32)34-10-6-19-45(34)35(47)22-40/h2-4,7-8,11-18,23-24,33-34,36H,5-6,9-10,19-22,40H2,1H3,(H,42,43)(H,44,49)/t33-,34-,36+/m0/s1. The number of ether oxygens (including phenoxy) is 1. The summed E-state index contributed by atoms with van der Waals surface area (Å²) in [5, 5.41) is 2.73. The Morgan fingerprint density at radius 3 is 2.20 bits per heavy atom. The maximum atomic E-state index is 13.9. The fraction of sp³-hybridized carbons (Fsp3) is 0.308. The van der Waals surface area contributed by atoms with Gasteiger partial charge in [-0.25, -0.2) is 9.78 Å². The molecule has 0 radical (unpaired) electrons. The number of alkyl carbamates (subject to hydrolysis) is 1. The third-order valence-electron chi connectivity index (χ3n) is 9.95. The molecule has 4 aromatic rings. The summed E-state index contributed by atoms with van der Waals surface area (Å²) in [6.07, 6.45) is 7.27. The van der Waals surface area contributed by atoms with Crippen LogP contribution in [0, 0.1) is 0 Å². The van der Waals surface area contributed by atoms with E-state index < -0.39 is 12.1 Å². The Balaban J connectivity index is 0.988. The molecule has 11 nitrogen and oxygen atoms in total. The summed E-state index contributed by atoms with van der Waals surface area (Å²) >= 11 is 0. The highest BCUT2D eigenvalue weighted by atomic mass is 16.5. The molecule has 3 aliphatic rings. The lowest BCUT2D eigenvalue weighted by molar-refractivity contribution is -0.133. The number of nitrogens with zero attached hydrogens (tertiary/aromatic N) is 4. The SMILES string of the molecule is COC(=O)N[C@@H](C(=O)N1CCC[C@H]1C1=NC=C(c2ccc(-c3ccc(-c4cnc([C@@H]5CCCN5C(=O)CN)[nH]4)cc3)cc2)C1)c1ccccc1. The number of aromatic nitrogens is 2. The smallest absolute Gasteiger partial charge is 0.407 e. The van der Waals surface area contributed by atoms with Crippen molar-refractivity contribution >= 4 is 29.2 Å². The normalized spacial score (nSPS) is 19.2. The van der Waals surface area contributed by atoms with Crippen LogP contribution in [0.5, 0.6) is 0 Å². The first-order valence-electron chi connectivity index (χ1n) is 17.1. The van der Waals surface area contributed by atoms with Crippen LogP contribution in [-0.2, 0) is 14.3 Å². The van der Waals surface area contributed by atoms with Gasteiger partial charge in [-0.15, -0.1) is 0 Å². The number of rotatable bonds is 9. The van der Waals surface area contributed by atoms with Gasteiger partial charge in [0, 0.05) is 31.4 Å². The lowest BCUT2D eigenvalue weighted by atomic mass is 9.96. The van der Waals surface area contributed by atoms with Crippen molar-refractivity contribution in [1.82, 2.24) is 25.1 Å². The first kappa shape index (κ1) is 33.0. The Hall–Kier alpha value is -5.55. The number of carbonyl (C=O) groups is 3. The molecule has 2 saturated heterocycles. The number of nitrogens with one attached hydrogen (secondary N) is 2. The molecule has 4 heterocycles. The predicted octanol–water partition coefficient (Wildman–Crippen LogP) is 5.64. The maximum Gasteiger partial charge on any atom is 0.407 e. The van der Waals surface area contributed by atoms with Gasteiger partial charge in [0.1, 0.15) is 11.9 Å². The predicted molar refractivity (Wildman–Crippen MR) is 192 cm³/mol. The average Bonchev–Trinajstić information content (AvgIpc) is 4.00. The number of amides is 3. The lowest BCUT2D eigenvalue weighted by Gasteiger charge is -2.29. The Morgan fingerprint density at radius 1 is 0.880 bits per heavy atom. The zero-order valence-corrected chi connectivity index (χ0v) is 28.0. The van der Waals surface area contributed by atoms with E-state index in [0.717, 1.165) is 70.7 Å². The van der Waals surface area contributed by atoms with Crippen molar-refractivity contribution in [2.24, 2.45) is 10.7 Å². The highest BCUT2D eigenvalue weighted by Gasteiger charge is 2.38. The number of hydrogen-bond acceptors (Lipinski definition) is 7. The van der Waals surface area contributed by atoms with Crippen molar-refractivity contribution in [3.05, 3.63) is 108 Å².